The van der Waals surface area contributed by atoms with Crippen molar-refractivity contribution in [1.82, 2.24) is 29.9 Å². The van der Waals surface area contributed by atoms with Crippen molar-refractivity contribution in [3.63, 3.8) is 0 Å². The van der Waals surface area contributed by atoms with Crippen LogP contribution in [0.3, 0.4) is 0 Å². The molecular formula is C42H51BN6O2. The minimum absolute atomic E-state index is 0.0891. The third-order valence-electron chi connectivity index (χ3n) is 9.89. The van der Waals surface area contributed by atoms with Crippen LogP contribution in [-0.4, -0.2) is 48.2 Å². The average Bonchev–Trinajstić information content (AvgIpc) is 3.32. The van der Waals surface area contributed by atoms with Crippen LogP contribution >= 0.6 is 0 Å². The highest BCUT2D eigenvalue weighted by Gasteiger charge is 2.51. The molecule has 1 aliphatic rings. The van der Waals surface area contributed by atoms with Crippen molar-refractivity contribution in [3.8, 4) is 22.5 Å². The predicted molar refractivity (Wildman–Crippen MR) is 205 cm³/mol. The van der Waals surface area contributed by atoms with Gasteiger partial charge < -0.3 is 9.31 Å². The molecule has 0 atom stereocenters. The van der Waals surface area contributed by atoms with Crippen LogP contribution in [0.2, 0.25) is 0 Å². The van der Waals surface area contributed by atoms with Crippen molar-refractivity contribution < 1.29 is 9.31 Å². The Morgan fingerprint density at radius 1 is 0.490 bits per heavy atom. The van der Waals surface area contributed by atoms with E-state index < -0.39 is 18.3 Å². The fourth-order valence-electron chi connectivity index (χ4n) is 5.95. The predicted octanol–water partition coefficient (Wildman–Crippen LogP) is 7.86. The van der Waals surface area contributed by atoms with Crippen LogP contribution in [0.4, 0.5) is 0 Å². The number of aromatic nitrogens is 6. The lowest BCUT2D eigenvalue weighted by Crippen LogP contribution is -2.41. The van der Waals surface area contributed by atoms with Crippen molar-refractivity contribution in [1.29, 1.82) is 0 Å². The number of pyridine rings is 2. The minimum Gasteiger partial charge on any atom is -0.399 e. The first-order valence-corrected chi connectivity index (χ1v) is 18.0. The third kappa shape index (κ3) is 8.59. The number of hydrogen-bond acceptors (Lipinski definition) is 8. The van der Waals surface area contributed by atoms with E-state index in [1.807, 2.05) is 37.2 Å². The summed E-state index contributed by atoms with van der Waals surface area (Å²) in [6, 6.07) is 15.2. The maximum Gasteiger partial charge on any atom is 0.494 e. The van der Waals surface area contributed by atoms with E-state index in [4.69, 9.17) is 19.3 Å². The van der Waals surface area contributed by atoms with E-state index in [-0.39, 0.29) is 10.8 Å². The van der Waals surface area contributed by atoms with Gasteiger partial charge in [-0.2, -0.15) is 0 Å². The molecule has 6 rings (SSSR count). The Morgan fingerprint density at radius 3 is 1.20 bits per heavy atom. The van der Waals surface area contributed by atoms with Gasteiger partial charge in [0.2, 0.25) is 0 Å². The Labute approximate surface area is 304 Å². The fourth-order valence-corrected chi connectivity index (χ4v) is 5.95. The highest BCUT2D eigenvalue weighted by atomic mass is 16.7. The van der Waals surface area contributed by atoms with Gasteiger partial charge in [-0.05, 0) is 93.2 Å². The van der Waals surface area contributed by atoms with Crippen molar-refractivity contribution in [2.24, 2.45) is 0 Å². The normalized spacial score (nSPS) is 15.7. The van der Waals surface area contributed by atoms with E-state index in [9.17, 15) is 0 Å². The maximum atomic E-state index is 6.49. The minimum atomic E-state index is -0.422. The van der Waals surface area contributed by atoms with Crippen molar-refractivity contribution in [2.75, 3.05) is 0 Å². The Morgan fingerprint density at radius 2 is 0.863 bits per heavy atom. The summed E-state index contributed by atoms with van der Waals surface area (Å²) in [4.78, 5) is 27.8. The van der Waals surface area contributed by atoms with Gasteiger partial charge in [0, 0.05) is 59.1 Å². The molecule has 5 aromatic rings. The van der Waals surface area contributed by atoms with Gasteiger partial charge in [0.05, 0.1) is 22.6 Å². The molecule has 0 aliphatic carbocycles. The van der Waals surface area contributed by atoms with Gasteiger partial charge in [-0.3, -0.25) is 9.97 Å². The second-order valence-electron chi connectivity index (χ2n) is 16.9. The van der Waals surface area contributed by atoms with Gasteiger partial charge in [0.15, 0.2) is 0 Å². The molecule has 0 bridgehead atoms. The van der Waals surface area contributed by atoms with Gasteiger partial charge >= 0.3 is 7.12 Å². The topological polar surface area (TPSA) is 95.8 Å². The highest BCUT2D eigenvalue weighted by Crippen LogP contribution is 2.36. The molecular weight excluding hydrogens is 631 g/mol. The van der Waals surface area contributed by atoms with Gasteiger partial charge in [0.25, 0.3) is 0 Å². The van der Waals surface area contributed by atoms with E-state index in [2.05, 4.69) is 132 Å². The monoisotopic (exact) mass is 682 g/mol. The molecule has 0 spiro atoms. The molecule has 0 radical (unpaired) electrons. The number of aryl methyl sites for hydroxylation is 4. The Kier molecular flexibility index (Phi) is 10.0. The van der Waals surface area contributed by atoms with Gasteiger partial charge in [-0.15, -0.1) is 0 Å². The molecule has 5 heterocycles. The van der Waals surface area contributed by atoms with Crippen LogP contribution in [0.15, 0.2) is 79.6 Å². The quantitative estimate of drug-likeness (QED) is 0.145. The molecule has 0 amide bonds. The molecule has 8 nitrogen and oxygen atoms in total. The van der Waals surface area contributed by atoms with E-state index in [1.54, 1.807) is 0 Å². The lowest BCUT2D eigenvalue weighted by atomic mass is 9.76. The summed E-state index contributed by atoms with van der Waals surface area (Å²) in [5.74, 6) is 1.65. The summed E-state index contributed by atoms with van der Waals surface area (Å²) in [5, 5.41) is 0. The molecule has 1 aliphatic heterocycles. The molecule has 0 unspecified atom stereocenters. The Balaban J connectivity index is 1.16. The first kappa shape index (κ1) is 36.5. The third-order valence-corrected chi connectivity index (χ3v) is 9.89. The van der Waals surface area contributed by atoms with Crippen LogP contribution < -0.4 is 5.46 Å². The van der Waals surface area contributed by atoms with Gasteiger partial charge in [0.1, 0.15) is 11.6 Å². The summed E-state index contributed by atoms with van der Waals surface area (Å²) >= 11 is 0. The van der Waals surface area contributed by atoms with Crippen molar-refractivity contribution >= 4 is 12.6 Å². The van der Waals surface area contributed by atoms with E-state index in [1.165, 1.54) is 22.3 Å². The lowest BCUT2D eigenvalue weighted by Gasteiger charge is -2.32. The highest BCUT2D eigenvalue weighted by molar-refractivity contribution is 6.62. The Hall–Kier alpha value is -4.34. The molecule has 1 saturated heterocycles. The molecule has 51 heavy (non-hydrogen) atoms. The summed E-state index contributed by atoms with van der Waals surface area (Å²) in [6.07, 6.45) is 14.9. The Bertz CT molecular complexity index is 1810. The smallest absolute Gasteiger partial charge is 0.399 e. The zero-order chi connectivity index (χ0) is 36.6. The van der Waals surface area contributed by atoms with Gasteiger partial charge in [-0.1, -0.05) is 71.9 Å². The number of hydrogen-bond donors (Lipinski definition) is 0. The molecule has 1 fully saturated rings. The molecule has 264 valence electrons. The van der Waals surface area contributed by atoms with E-state index in [0.717, 1.165) is 65.3 Å². The standard InChI is InChI=1S/C42H51BN6O2/c1-39(2,3)37-46-24-32(25-47-37)35-17-15-28(22-44-35)11-13-30-19-31(21-34(20-30)43-50-41(7,8)42(9,10)51-43)14-12-29-16-18-36(45-23-29)33-26-48-38(49-27-33)40(4,5)6/h15-27H,11-14H2,1-10H3. The van der Waals surface area contributed by atoms with E-state index in [0.29, 0.717) is 0 Å². The van der Waals surface area contributed by atoms with Crippen LogP contribution in [0.1, 0.15) is 103 Å². The number of rotatable bonds is 9. The van der Waals surface area contributed by atoms with E-state index >= 15 is 0 Å². The zero-order valence-corrected chi connectivity index (χ0v) is 31.9. The molecule has 4 aromatic heterocycles. The summed E-state index contributed by atoms with van der Waals surface area (Å²) in [6.45, 7) is 21.1. The second-order valence-corrected chi connectivity index (χ2v) is 16.9. The maximum absolute atomic E-state index is 6.49. The first-order chi connectivity index (χ1) is 24.0. The first-order valence-electron chi connectivity index (χ1n) is 18.0. The SMILES string of the molecule is CC(C)(C)c1ncc(-c2ccc(CCc3cc(CCc4ccc(-c5cnc(C(C)(C)C)nc5)nc4)cc(B4OC(C)(C)C(C)(C)O4)c3)cn2)cn1. The van der Waals surface area contributed by atoms with Crippen LogP contribution in [0.25, 0.3) is 22.5 Å². The fraction of sp³-hybridized carbons (Fsp3) is 0.429. The summed E-state index contributed by atoms with van der Waals surface area (Å²) in [7, 11) is -0.422. The van der Waals surface area contributed by atoms with Crippen LogP contribution in [0, 0.1) is 0 Å². The summed E-state index contributed by atoms with van der Waals surface area (Å²) in [5.41, 5.74) is 8.50. The summed E-state index contributed by atoms with van der Waals surface area (Å²) < 4.78 is 13.0. The molecule has 0 N–H and O–H groups in total. The second kappa shape index (κ2) is 14.0. The van der Waals surface area contributed by atoms with Gasteiger partial charge in [-0.25, -0.2) is 19.9 Å². The average molecular weight is 683 g/mol. The van der Waals surface area contributed by atoms with Crippen LogP contribution in [-0.2, 0) is 45.8 Å². The molecule has 1 aromatic carbocycles. The van der Waals surface area contributed by atoms with Crippen molar-refractivity contribution in [2.45, 2.75) is 117 Å². The van der Waals surface area contributed by atoms with Crippen LogP contribution in [0.5, 0.6) is 0 Å². The molecule has 9 heteroatoms. The molecule has 0 saturated carbocycles. The number of nitrogens with zero attached hydrogens (tertiary/aromatic N) is 6. The van der Waals surface area contributed by atoms with Crippen molar-refractivity contribution in [3.05, 3.63) is 114 Å². The zero-order valence-electron chi connectivity index (χ0n) is 31.9. The number of benzene rings is 1. The lowest BCUT2D eigenvalue weighted by molar-refractivity contribution is 0.00578. The largest absolute Gasteiger partial charge is 0.494 e.